The van der Waals surface area contributed by atoms with E-state index in [9.17, 15) is 22.4 Å². The molecule has 2 rings (SSSR count). The Morgan fingerprint density at radius 3 is 2.52 bits per heavy atom. The van der Waals surface area contributed by atoms with E-state index in [1.165, 1.54) is 0 Å². The lowest BCUT2D eigenvalue weighted by Gasteiger charge is -2.10. The van der Waals surface area contributed by atoms with E-state index < -0.39 is 34.9 Å². The Kier molecular flexibility index (Phi) is 3.62. The number of rotatable bonds is 2. The van der Waals surface area contributed by atoms with Crippen molar-refractivity contribution in [2.75, 3.05) is 5.32 Å². The number of carbonyl (C=O) groups excluding carboxylic acids is 1. The van der Waals surface area contributed by atoms with Gasteiger partial charge in [0.15, 0.2) is 29.1 Å². The SMILES string of the molecule is CC(=O)Nc1c(C#N)cnn1-c1c(F)cc(F)c(F)c1F. The van der Waals surface area contributed by atoms with Crippen molar-refractivity contribution in [3.8, 4) is 11.8 Å². The van der Waals surface area contributed by atoms with E-state index >= 15 is 0 Å². The van der Waals surface area contributed by atoms with Crippen molar-refractivity contribution >= 4 is 11.7 Å². The van der Waals surface area contributed by atoms with Gasteiger partial charge in [-0.1, -0.05) is 0 Å². The predicted molar refractivity (Wildman–Crippen MR) is 62.4 cm³/mol. The summed E-state index contributed by atoms with van der Waals surface area (Å²) < 4.78 is 54.1. The van der Waals surface area contributed by atoms with E-state index in [0.717, 1.165) is 13.1 Å². The van der Waals surface area contributed by atoms with Crippen LogP contribution >= 0.6 is 0 Å². The second-order valence-corrected chi connectivity index (χ2v) is 3.93. The lowest BCUT2D eigenvalue weighted by molar-refractivity contribution is -0.114. The topological polar surface area (TPSA) is 70.7 Å². The number of halogens is 4. The van der Waals surface area contributed by atoms with Gasteiger partial charge in [0, 0.05) is 13.0 Å². The number of nitriles is 1. The third-order valence-corrected chi connectivity index (χ3v) is 2.49. The second-order valence-electron chi connectivity index (χ2n) is 3.93. The van der Waals surface area contributed by atoms with Crippen molar-refractivity contribution in [2.45, 2.75) is 6.92 Å². The van der Waals surface area contributed by atoms with Gasteiger partial charge in [0.25, 0.3) is 0 Å². The summed E-state index contributed by atoms with van der Waals surface area (Å²) >= 11 is 0. The number of nitrogens with zero attached hydrogens (tertiary/aromatic N) is 3. The molecule has 0 radical (unpaired) electrons. The van der Waals surface area contributed by atoms with Crippen LogP contribution in [-0.2, 0) is 4.79 Å². The molecule has 0 bridgehead atoms. The molecule has 0 atom stereocenters. The molecule has 0 saturated carbocycles. The zero-order valence-corrected chi connectivity index (χ0v) is 10.4. The summed E-state index contributed by atoms with van der Waals surface area (Å²) in [7, 11) is 0. The summed E-state index contributed by atoms with van der Waals surface area (Å²) in [4.78, 5) is 11.1. The number of aromatic nitrogens is 2. The minimum absolute atomic E-state index is 0.138. The zero-order chi connectivity index (χ0) is 15.7. The molecule has 108 valence electrons. The number of hydrogen-bond donors (Lipinski definition) is 1. The van der Waals surface area contributed by atoms with Crippen LogP contribution in [0.3, 0.4) is 0 Å². The lowest BCUT2D eigenvalue weighted by Crippen LogP contribution is -2.15. The molecule has 1 aromatic heterocycles. The first-order chi connectivity index (χ1) is 9.86. The van der Waals surface area contributed by atoms with Crippen molar-refractivity contribution in [1.82, 2.24) is 9.78 Å². The van der Waals surface area contributed by atoms with Crippen molar-refractivity contribution in [2.24, 2.45) is 0 Å². The van der Waals surface area contributed by atoms with Gasteiger partial charge in [0.2, 0.25) is 5.91 Å². The Labute approximate surface area is 115 Å². The lowest BCUT2D eigenvalue weighted by atomic mass is 10.2. The van der Waals surface area contributed by atoms with Gasteiger partial charge in [-0.25, -0.2) is 22.2 Å². The van der Waals surface area contributed by atoms with E-state index in [-0.39, 0.29) is 17.4 Å². The fourth-order valence-electron chi connectivity index (χ4n) is 1.64. The second kappa shape index (κ2) is 5.24. The molecule has 0 saturated heterocycles. The Hall–Kier alpha value is -2.89. The van der Waals surface area contributed by atoms with Crippen molar-refractivity contribution in [1.29, 1.82) is 5.26 Å². The number of amides is 1. The van der Waals surface area contributed by atoms with Crippen LogP contribution in [0.1, 0.15) is 12.5 Å². The molecule has 2 aromatic rings. The van der Waals surface area contributed by atoms with E-state index in [1.54, 1.807) is 6.07 Å². The van der Waals surface area contributed by atoms with Crippen LogP contribution < -0.4 is 5.32 Å². The summed E-state index contributed by atoms with van der Waals surface area (Å²) in [5.41, 5.74) is -1.24. The molecule has 1 heterocycles. The summed E-state index contributed by atoms with van der Waals surface area (Å²) in [6.07, 6.45) is 0.922. The third kappa shape index (κ3) is 2.43. The van der Waals surface area contributed by atoms with Crippen molar-refractivity contribution in [3.05, 3.63) is 41.1 Å². The van der Waals surface area contributed by atoms with Gasteiger partial charge in [-0.05, 0) is 0 Å². The molecule has 1 aromatic carbocycles. The summed E-state index contributed by atoms with van der Waals surface area (Å²) in [5.74, 6) is -7.86. The minimum atomic E-state index is -1.89. The van der Waals surface area contributed by atoms with Gasteiger partial charge in [0.1, 0.15) is 17.3 Å². The van der Waals surface area contributed by atoms with E-state index in [1.807, 2.05) is 0 Å². The largest absolute Gasteiger partial charge is 0.310 e. The van der Waals surface area contributed by atoms with Crippen LogP contribution in [0.2, 0.25) is 0 Å². The molecule has 9 heteroatoms. The number of carbonyl (C=O) groups is 1. The molecule has 1 amide bonds. The fourth-order valence-corrected chi connectivity index (χ4v) is 1.64. The molecule has 1 N–H and O–H groups in total. The first kappa shape index (κ1) is 14.5. The van der Waals surface area contributed by atoms with Gasteiger partial charge in [-0.2, -0.15) is 10.4 Å². The van der Waals surface area contributed by atoms with Crippen LogP contribution in [0.4, 0.5) is 23.4 Å². The van der Waals surface area contributed by atoms with Crippen LogP contribution in [-0.4, -0.2) is 15.7 Å². The Bertz CT molecular complexity index is 779. The highest BCUT2D eigenvalue weighted by Gasteiger charge is 2.24. The van der Waals surface area contributed by atoms with Gasteiger partial charge < -0.3 is 5.32 Å². The van der Waals surface area contributed by atoms with Gasteiger partial charge in [0.05, 0.1) is 6.20 Å². The van der Waals surface area contributed by atoms with E-state index in [4.69, 9.17) is 5.26 Å². The maximum Gasteiger partial charge on any atom is 0.222 e. The molecule has 5 nitrogen and oxygen atoms in total. The molecule has 0 aliphatic rings. The smallest absolute Gasteiger partial charge is 0.222 e. The monoisotopic (exact) mass is 298 g/mol. The molecule has 0 unspecified atom stereocenters. The first-order valence-electron chi connectivity index (χ1n) is 5.46. The molecular weight excluding hydrogens is 292 g/mol. The van der Waals surface area contributed by atoms with Crippen LogP contribution in [0.5, 0.6) is 0 Å². The summed E-state index contributed by atoms with van der Waals surface area (Å²) in [6.45, 7) is 1.09. The quantitative estimate of drug-likeness (QED) is 0.525. The number of anilines is 1. The zero-order valence-electron chi connectivity index (χ0n) is 10.4. The molecule has 0 fully saturated rings. The molecular formula is C12H6F4N4O. The molecule has 0 aliphatic carbocycles. The predicted octanol–water partition coefficient (Wildman–Crippen LogP) is 2.26. The van der Waals surface area contributed by atoms with Gasteiger partial charge >= 0.3 is 0 Å². The Balaban J connectivity index is 2.74. The summed E-state index contributed by atoms with van der Waals surface area (Å²) in [6, 6.07) is 1.78. The Morgan fingerprint density at radius 2 is 1.95 bits per heavy atom. The first-order valence-corrected chi connectivity index (χ1v) is 5.46. The van der Waals surface area contributed by atoms with E-state index in [0.29, 0.717) is 4.68 Å². The van der Waals surface area contributed by atoms with E-state index in [2.05, 4.69) is 10.4 Å². The number of benzene rings is 1. The van der Waals surface area contributed by atoms with Crippen LogP contribution in [0.25, 0.3) is 5.69 Å². The van der Waals surface area contributed by atoms with Crippen molar-refractivity contribution < 1.29 is 22.4 Å². The maximum atomic E-state index is 13.7. The molecule has 0 aliphatic heterocycles. The highest BCUT2D eigenvalue weighted by Crippen LogP contribution is 2.27. The average molecular weight is 298 g/mol. The Morgan fingerprint density at radius 1 is 1.29 bits per heavy atom. The van der Waals surface area contributed by atoms with Crippen LogP contribution in [0, 0.1) is 34.6 Å². The average Bonchev–Trinajstić information content (AvgIpc) is 2.78. The minimum Gasteiger partial charge on any atom is -0.310 e. The van der Waals surface area contributed by atoms with Crippen LogP contribution in [0.15, 0.2) is 12.3 Å². The standard InChI is InChI=1S/C12H6F4N4O/c1-5(21)19-12-6(3-17)4-18-20(12)11-8(14)2-7(13)9(15)10(11)16/h2,4H,1H3,(H,19,21). The number of hydrogen-bond acceptors (Lipinski definition) is 3. The van der Waals surface area contributed by atoms with Crippen molar-refractivity contribution in [3.63, 3.8) is 0 Å². The molecule has 0 spiro atoms. The highest BCUT2D eigenvalue weighted by molar-refractivity contribution is 5.89. The summed E-state index contributed by atoms with van der Waals surface area (Å²) in [5, 5.41) is 14.5. The highest BCUT2D eigenvalue weighted by atomic mass is 19.2. The normalized spacial score (nSPS) is 10.3. The third-order valence-electron chi connectivity index (χ3n) is 2.49. The van der Waals surface area contributed by atoms with Gasteiger partial charge in [-0.3, -0.25) is 4.79 Å². The van der Waals surface area contributed by atoms with Gasteiger partial charge in [-0.15, -0.1) is 0 Å². The fraction of sp³-hybridized carbons (Fsp3) is 0.0833. The molecule has 21 heavy (non-hydrogen) atoms. The maximum absolute atomic E-state index is 13.7. The number of nitrogens with one attached hydrogen (secondary N) is 1.